The maximum Gasteiger partial charge on any atom is 0.472 e. The second-order valence-electron chi connectivity index (χ2n) is 15.7. The van der Waals surface area contributed by atoms with E-state index in [1.807, 2.05) is 0 Å². The zero-order valence-corrected chi connectivity index (χ0v) is 36.4. The third kappa shape index (κ3) is 28.0. The molecule has 7 N–H and O–H groups in total. The van der Waals surface area contributed by atoms with Crippen LogP contribution in [0.25, 0.3) is 0 Å². The molecule has 1 fully saturated rings. The molecule has 0 aromatic rings. The first-order valence-electron chi connectivity index (χ1n) is 20.9. The van der Waals surface area contributed by atoms with Crippen LogP contribution in [0.3, 0.4) is 0 Å². The maximum atomic E-state index is 12.8. The maximum absolute atomic E-state index is 12.8. The summed E-state index contributed by atoms with van der Waals surface area (Å²) in [5, 5.41) is 41.0. The molecule has 1 unspecified atom stereocenters. The Morgan fingerprint density at radius 1 is 0.707 bits per heavy atom. The van der Waals surface area contributed by atoms with E-state index in [1.54, 1.807) is 12.2 Å². The Bertz CT molecular complexity index is 1270. The fourth-order valence-electron chi connectivity index (χ4n) is 6.53. The summed E-state index contributed by atoms with van der Waals surface area (Å²) in [5.41, 5.74) is 0. The third-order valence-electron chi connectivity index (χ3n) is 9.80. The van der Waals surface area contributed by atoms with E-state index in [4.69, 9.17) is 23.8 Å². The molecule has 1 aliphatic rings. The van der Waals surface area contributed by atoms with Gasteiger partial charge in [0.2, 0.25) is 0 Å². The molecular formula is C39H72O17P2. The molecule has 8 atom stereocenters. The van der Waals surface area contributed by atoms with Crippen LogP contribution in [0.2, 0.25) is 0 Å². The highest BCUT2D eigenvalue weighted by Gasteiger charge is 2.41. The van der Waals surface area contributed by atoms with Crippen LogP contribution >= 0.6 is 15.6 Å². The molecule has 0 aromatic carbocycles. The highest BCUT2D eigenvalue weighted by Crippen LogP contribution is 2.44. The van der Waals surface area contributed by atoms with Crippen LogP contribution < -0.4 is 0 Å². The van der Waals surface area contributed by atoms with Gasteiger partial charge in [0.05, 0.1) is 38.1 Å². The number of phosphoric acid groups is 2. The number of aliphatic hydroxyl groups excluding tert-OH is 4. The molecule has 0 aliphatic heterocycles. The number of hydrogen-bond acceptors (Lipinski definition) is 14. The summed E-state index contributed by atoms with van der Waals surface area (Å²) in [5.74, 6) is -1.75. The molecule has 0 radical (unpaired) electrons. The van der Waals surface area contributed by atoms with E-state index < -0.39 is 96.4 Å². The molecule has 1 rings (SSSR count). The Labute approximate surface area is 344 Å². The lowest BCUT2D eigenvalue weighted by molar-refractivity contribution is -0.161. The fourth-order valence-corrected chi connectivity index (χ4v) is 7.68. The molecule has 17 nitrogen and oxygen atoms in total. The minimum absolute atomic E-state index is 0.0354. The lowest BCUT2D eigenvalue weighted by Crippen LogP contribution is -2.30. The van der Waals surface area contributed by atoms with Crippen molar-refractivity contribution in [2.45, 2.75) is 173 Å². The van der Waals surface area contributed by atoms with Crippen molar-refractivity contribution in [2.24, 2.45) is 17.8 Å². The largest absolute Gasteiger partial charge is 0.472 e. The van der Waals surface area contributed by atoms with Gasteiger partial charge in [0.1, 0.15) is 18.5 Å². The highest BCUT2D eigenvalue weighted by atomic mass is 31.2. The van der Waals surface area contributed by atoms with E-state index in [0.29, 0.717) is 25.2 Å². The predicted molar refractivity (Wildman–Crippen MR) is 214 cm³/mol. The molecule has 0 heterocycles. The first-order valence-corrected chi connectivity index (χ1v) is 23.9. The van der Waals surface area contributed by atoms with Crippen LogP contribution in [0.5, 0.6) is 0 Å². The summed E-state index contributed by atoms with van der Waals surface area (Å²) in [6.45, 7) is 3.42. The molecule has 0 amide bonds. The second kappa shape index (κ2) is 30.4. The monoisotopic (exact) mass is 874 g/mol. The number of ketones is 1. The number of ether oxygens (including phenoxy) is 2. The molecular weight excluding hydrogens is 802 g/mol. The predicted octanol–water partition coefficient (Wildman–Crippen LogP) is 5.59. The number of hydrogen-bond donors (Lipinski definition) is 7. The number of carbonyl (C=O) groups excluding carboxylic acids is 3. The van der Waals surface area contributed by atoms with Crippen molar-refractivity contribution in [3.8, 4) is 0 Å². The first-order chi connectivity index (χ1) is 27.3. The van der Waals surface area contributed by atoms with Gasteiger partial charge in [-0.15, -0.1) is 0 Å². The Morgan fingerprint density at radius 2 is 1.28 bits per heavy atom. The Hall–Kier alpha value is -1.59. The summed E-state index contributed by atoms with van der Waals surface area (Å²) in [4.78, 5) is 65.5. The van der Waals surface area contributed by atoms with Crippen molar-refractivity contribution in [1.82, 2.24) is 0 Å². The molecule has 0 saturated heterocycles. The molecule has 0 spiro atoms. The van der Waals surface area contributed by atoms with Crippen molar-refractivity contribution in [1.29, 1.82) is 0 Å². The Morgan fingerprint density at radius 3 is 1.93 bits per heavy atom. The van der Waals surface area contributed by atoms with Crippen molar-refractivity contribution in [3.05, 3.63) is 12.2 Å². The van der Waals surface area contributed by atoms with Gasteiger partial charge in [-0.2, -0.15) is 0 Å². The average molecular weight is 875 g/mol. The Balaban J connectivity index is 2.61. The summed E-state index contributed by atoms with van der Waals surface area (Å²) in [6.07, 6.45) is 10.4. The van der Waals surface area contributed by atoms with Crippen molar-refractivity contribution in [2.75, 3.05) is 26.4 Å². The minimum atomic E-state index is -4.90. The van der Waals surface area contributed by atoms with Crippen LogP contribution in [-0.4, -0.2) is 110 Å². The molecule has 58 heavy (non-hydrogen) atoms. The van der Waals surface area contributed by atoms with E-state index in [0.717, 1.165) is 44.9 Å². The van der Waals surface area contributed by atoms with Crippen LogP contribution in [0.1, 0.15) is 143 Å². The third-order valence-corrected chi connectivity index (χ3v) is 11.2. The quantitative estimate of drug-likeness (QED) is 0.0177. The smallest absolute Gasteiger partial charge is 0.462 e. The summed E-state index contributed by atoms with van der Waals surface area (Å²) in [7, 11) is -9.79. The van der Waals surface area contributed by atoms with Crippen LogP contribution in [0.15, 0.2) is 12.2 Å². The number of carbonyl (C=O) groups is 3. The van der Waals surface area contributed by atoms with Gasteiger partial charge in [-0.1, -0.05) is 97.1 Å². The summed E-state index contributed by atoms with van der Waals surface area (Å²) >= 11 is 0. The molecule has 340 valence electrons. The number of phosphoric ester groups is 2. The Kier molecular flexibility index (Phi) is 28.6. The number of unbranched alkanes of at least 4 members (excludes halogenated alkanes) is 9. The SMILES string of the molecule is CCCCC[C@H](O)/C=C/[C@@H]1[C@@H](CC(=O)CCCCC(=O)OC[C@H](COP(=O)(O)OC[C@@H](O)COP(=O)(O)O)OC(=O)CCCCCCCCCC(C)C)[C@@H](O)C[C@H]1O. The van der Waals surface area contributed by atoms with Crippen LogP contribution in [0.4, 0.5) is 0 Å². The van der Waals surface area contributed by atoms with Gasteiger partial charge in [-0.25, -0.2) is 9.13 Å². The van der Waals surface area contributed by atoms with E-state index in [2.05, 4.69) is 29.8 Å². The average Bonchev–Trinajstić information content (AvgIpc) is 3.41. The van der Waals surface area contributed by atoms with Gasteiger partial charge < -0.3 is 44.6 Å². The standard InChI is InChI=1S/C39H72O17P2/c1-4-5-11-17-30(40)21-22-34-35(37(44)24-36(34)43)23-31(41)18-14-15-19-38(45)52-27-33(28-55-58(50,51)54-26-32(42)25-53-57(47,48)49)56-39(46)20-13-10-8-6-7-9-12-16-29(2)3/h21-22,29-30,32-37,40,42-44H,4-20,23-28H2,1-3H3,(H,50,51)(H2,47,48,49)/b22-21+/t30-,32-,33+,34+,35+,36+,37-/m0/s1. The number of aliphatic hydroxyl groups is 4. The van der Waals surface area contributed by atoms with Crippen LogP contribution in [0, 0.1) is 17.8 Å². The molecule has 19 heteroatoms. The first kappa shape index (κ1) is 54.4. The van der Waals surface area contributed by atoms with E-state index in [1.165, 1.54) is 19.3 Å². The topological polar surface area (TPSA) is 273 Å². The molecule has 0 bridgehead atoms. The second-order valence-corrected chi connectivity index (χ2v) is 18.4. The van der Waals surface area contributed by atoms with E-state index in [9.17, 15) is 48.8 Å². The van der Waals surface area contributed by atoms with Gasteiger partial charge in [0, 0.05) is 43.9 Å². The normalized spacial score (nSPS) is 21.2. The zero-order valence-electron chi connectivity index (χ0n) is 34.6. The minimum Gasteiger partial charge on any atom is -0.462 e. The number of rotatable bonds is 35. The van der Waals surface area contributed by atoms with Gasteiger partial charge in [0.15, 0.2) is 6.10 Å². The lowest BCUT2D eigenvalue weighted by atomic mass is 9.87. The number of Topliss-reactive ketones (excluding diaryl/α,β-unsaturated/α-hetero) is 1. The lowest BCUT2D eigenvalue weighted by Gasteiger charge is -2.21. The molecule has 0 aromatic heterocycles. The van der Waals surface area contributed by atoms with Gasteiger partial charge in [0.25, 0.3) is 0 Å². The van der Waals surface area contributed by atoms with Crippen molar-refractivity contribution >= 4 is 33.4 Å². The van der Waals surface area contributed by atoms with E-state index in [-0.39, 0.29) is 44.3 Å². The highest BCUT2D eigenvalue weighted by molar-refractivity contribution is 7.47. The van der Waals surface area contributed by atoms with Gasteiger partial charge in [-0.3, -0.25) is 28.0 Å². The zero-order chi connectivity index (χ0) is 43.6. The summed E-state index contributed by atoms with van der Waals surface area (Å²) in [6, 6.07) is 0. The van der Waals surface area contributed by atoms with Gasteiger partial charge in [-0.05, 0) is 31.6 Å². The fraction of sp³-hybridized carbons (Fsp3) is 0.872. The van der Waals surface area contributed by atoms with Gasteiger partial charge >= 0.3 is 27.6 Å². The van der Waals surface area contributed by atoms with Crippen molar-refractivity contribution < 1.29 is 81.7 Å². The van der Waals surface area contributed by atoms with Crippen LogP contribution in [-0.2, 0) is 46.6 Å². The number of esters is 2. The van der Waals surface area contributed by atoms with E-state index >= 15 is 0 Å². The molecule has 1 saturated carbocycles. The molecule has 1 aliphatic carbocycles. The summed E-state index contributed by atoms with van der Waals surface area (Å²) < 4.78 is 47.5. The van der Waals surface area contributed by atoms with Crippen molar-refractivity contribution in [3.63, 3.8) is 0 Å².